The lowest BCUT2D eigenvalue weighted by atomic mass is 10.1. The third-order valence-corrected chi connectivity index (χ3v) is 5.70. The number of rotatable bonds is 9. The van der Waals surface area contributed by atoms with Crippen LogP contribution in [0.5, 0.6) is 11.5 Å². The number of nitrogens with zero attached hydrogens (tertiary/aromatic N) is 1. The van der Waals surface area contributed by atoms with Crippen LogP contribution in [0.2, 0.25) is 0 Å². The number of carbonyl (C=O) groups is 1. The predicted molar refractivity (Wildman–Crippen MR) is 115 cm³/mol. The zero-order valence-corrected chi connectivity index (χ0v) is 18.0. The molecule has 172 valence electrons. The van der Waals surface area contributed by atoms with Crippen molar-refractivity contribution < 1.29 is 27.4 Å². The monoisotopic (exact) mass is 448 g/mol. The molecule has 1 N–H and O–H groups in total. The van der Waals surface area contributed by atoms with Gasteiger partial charge in [0.05, 0.1) is 6.54 Å². The van der Waals surface area contributed by atoms with Crippen molar-refractivity contribution in [3.05, 3.63) is 53.6 Å². The fourth-order valence-electron chi connectivity index (χ4n) is 3.85. The molecule has 1 atom stereocenters. The number of nitrogens with one attached hydrogen (secondary N) is 1. The smallest absolute Gasteiger partial charge is 0.401 e. The van der Waals surface area contributed by atoms with Crippen LogP contribution in [0.25, 0.3) is 0 Å². The van der Waals surface area contributed by atoms with Crippen LogP contribution in [0, 0.1) is 6.92 Å². The van der Waals surface area contributed by atoms with Crippen LogP contribution in [0.3, 0.4) is 0 Å². The van der Waals surface area contributed by atoms with Gasteiger partial charge in [-0.1, -0.05) is 12.1 Å². The molecule has 0 spiro atoms. The van der Waals surface area contributed by atoms with Gasteiger partial charge < -0.3 is 19.7 Å². The average Bonchev–Trinajstić information content (AvgIpc) is 3.53. The maximum absolute atomic E-state index is 12.9. The maximum atomic E-state index is 12.9. The van der Waals surface area contributed by atoms with Crippen LogP contribution in [0.4, 0.5) is 18.9 Å². The highest BCUT2D eigenvalue weighted by molar-refractivity contribution is 5.99. The average molecular weight is 448 g/mol. The molecule has 5 nitrogen and oxygen atoms in total. The summed E-state index contributed by atoms with van der Waals surface area (Å²) in [6.07, 6.45) is -1.66. The number of benzene rings is 2. The molecular weight excluding hydrogens is 421 g/mol. The van der Waals surface area contributed by atoms with Gasteiger partial charge in [-0.15, -0.1) is 0 Å². The number of aryl methyl sites for hydroxylation is 1. The van der Waals surface area contributed by atoms with Crippen molar-refractivity contribution in [2.24, 2.45) is 0 Å². The van der Waals surface area contributed by atoms with Gasteiger partial charge in [-0.2, -0.15) is 13.2 Å². The van der Waals surface area contributed by atoms with Crippen molar-refractivity contribution in [2.75, 3.05) is 31.1 Å². The van der Waals surface area contributed by atoms with Gasteiger partial charge in [-0.05, 0) is 67.1 Å². The second kappa shape index (κ2) is 9.40. The Bertz CT molecular complexity index is 942. The number of halogens is 3. The van der Waals surface area contributed by atoms with Crippen molar-refractivity contribution in [1.29, 1.82) is 0 Å². The van der Waals surface area contributed by atoms with Crippen LogP contribution < -0.4 is 19.7 Å². The summed E-state index contributed by atoms with van der Waals surface area (Å²) in [7, 11) is 0. The molecule has 1 amide bonds. The van der Waals surface area contributed by atoms with Gasteiger partial charge in [0, 0.05) is 25.2 Å². The van der Waals surface area contributed by atoms with Crippen LogP contribution in [0.1, 0.15) is 36.3 Å². The van der Waals surface area contributed by atoms with Gasteiger partial charge in [0.2, 0.25) is 0 Å². The highest BCUT2D eigenvalue weighted by atomic mass is 19.4. The Labute approximate surface area is 185 Å². The number of ether oxygens (including phenoxy) is 2. The molecule has 1 heterocycles. The summed E-state index contributed by atoms with van der Waals surface area (Å²) in [6.45, 7) is 1.57. The lowest BCUT2D eigenvalue weighted by molar-refractivity contribution is -0.125. The molecule has 1 aliphatic carbocycles. The summed E-state index contributed by atoms with van der Waals surface area (Å²) in [4.78, 5) is 14.6. The fourth-order valence-corrected chi connectivity index (χ4v) is 3.85. The van der Waals surface area contributed by atoms with E-state index in [0.717, 1.165) is 11.3 Å². The summed E-state index contributed by atoms with van der Waals surface area (Å²) in [5.41, 5.74) is 2.89. The molecule has 2 aliphatic rings. The summed E-state index contributed by atoms with van der Waals surface area (Å²) in [5.74, 6) is 1.88. The molecule has 0 radical (unpaired) electrons. The molecule has 0 unspecified atom stereocenters. The van der Waals surface area contributed by atoms with Crippen molar-refractivity contribution in [2.45, 2.75) is 44.4 Å². The Morgan fingerprint density at radius 3 is 2.50 bits per heavy atom. The minimum absolute atomic E-state index is 0.0827. The van der Waals surface area contributed by atoms with Crippen LogP contribution in [-0.2, 0) is 4.79 Å². The molecule has 0 aromatic heterocycles. The van der Waals surface area contributed by atoms with Crippen LogP contribution >= 0.6 is 0 Å². The zero-order valence-electron chi connectivity index (χ0n) is 18.0. The summed E-state index contributed by atoms with van der Waals surface area (Å²) in [6, 6.07) is 13.4. The molecule has 1 aliphatic heterocycles. The molecule has 1 saturated carbocycles. The molecule has 2 aromatic rings. The third-order valence-electron chi connectivity index (χ3n) is 5.70. The van der Waals surface area contributed by atoms with Gasteiger partial charge in [0.25, 0.3) is 5.91 Å². The molecular formula is C24H27F3N2O3. The van der Waals surface area contributed by atoms with E-state index in [1.54, 1.807) is 17.0 Å². The summed E-state index contributed by atoms with van der Waals surface area (Å²) >= 11 is 0. The van der Waals surface area contributed by atoms with E-state index in [-0.39, 0.29) is 19.1 Å². The normalized spacial score (nSPS) is 18.8. The summed E-state index contributed by atoms with van der Waals surface area (Å²) in [5, 5.41) is 2.30. The number of alkyl halides is 3. The summed E-state index contributed by atoms with van der Waals surface area (Å²) < 4.78 is 48.0. The maximum Gasteiger partial charge on any atom is 0.401 e. The van der Waals surface area contributed by atoms with Crippen LogP contribution in [0.15, 0.2) is 42.5 Å². The molecule has 8 heteroatoms. The van der Waals surface area contributed by atoms with Gasteiger partial charge in [0.1, 0.15) is 18.1 Å². The highest BCUT2D eigenvalue weighted by Crippen LogP contribution is 2.40. The Morgan fingerprint density at radius 2 is 1.84 bits per heavy atom. The van der Waals surface area contributed by atoms with Crippen molar-refractivity contribution in [3.8, 4) is 11.5 Å². The standard InChI is InChI=1S/C24H27F3N2O3/c1-16-14-19(6-9-21(16)31-13-11-28-15-24(25,26)27)29-12-10-22(23(29)30)32-20-7-4-18(5-8-20)17-2-3-17/h4-9,14,17,22,28H,2-3,10-13,15H2,1H3/t22-/m0/s1. The van der Waals surface area contributed by atoms with E-state index in [1.165, 1.54) is 18.4 Å². The highest BCUT2D eigenvalue weighted by Gasteiger charge is 2.34. The van der Waals surface area contributed by atoms with Crippen LogP contribution in [-0.4, -0.2) is 44.4 Å². The first-order valence-corrected chi connectivity index (χ1v) is 10.9. The molecule has 2 fully saturated rings. The van der Waals surface area contributed by atoms with Crippen molar-refractivity contribution in [1.82, 2.24) is 5.32 Å². The Morgan fingerprint density at radius 1 is 1.09 bits per heavy atom. The van der Waals surface area contributed by atoms with E-state index in [0.29, 0.717) is 30.4 Å². The minimum Gasteiger partial charge on any atom is -0.492 e. The van der Waals surface area contributed by atoms with E-state index >= 15 is 0 Å². The molecule has 2 aromatic carbocycles. The Hall–Kier alpha value is -2.74. The van der Waals surface area contributed by atoms with Crippen molar-refractivity contribution in [3.63, 3.8) is 0 Å². The Balaban J connectivity index is 1.29. The minimum atomic E-state index is -4.23. The lowest BCUT2D eigenvalue weighted by Crippen LogP contribution is -2.32. The predicted octanol–water partition coefficient (Wildman–Crippen LogP) is 4.59. The van der Waals surface area contributed by atoms with E-state index in [2.05, 4.69) is 17.4 Å². The molecule has 1 saturated heterocycles. The number of amides is 1. The number of hydrogen-bond acceptors (Lipinski definition) is 4. The SMILES string of the molecule is Cc1cc(N2CC[C@H](Oc3ccc(C4CC4)cc3)C2=O)ccc1OCCNCC(F)(F)F. The molecule has 32 heavy (non-hydrogen) atoms. The number of carbonyl (C=O) groups excluding carboxylic acids is 1. The van der Waals surface area contributed by atoms with E-state index < -0.39 is 18.8 Å². The second-order valence-electron chi connectivity index (χ2n) is 8.32. The number of hydrogen-bond donors (Lipinski definition) is 1. The first kappa shape index (κ1) is 22.5. The van der Waals surface area contributed by atoms with Gasteiger partial charge in [0.15, 0.2) is 6.10 Å². The fraction of sp³-hybridized carbons (Fsp3) is 0.458. The Kier molecular flexibility index (Phi) is 6.60. The molecule has 4 rings (SSSR count). The van der Waals surface area contributed by atoms with Crippen molar-refractivity contribution >= 4 is 11.6 Å². The zero-order chi connectivity index (χ0) is 22.7. The van der Waals surface area contributed by atoms with Gasteiger partial charge in [-0.25, -0.2) is 0 Å². The number of anilines is 1. The third kappa shape index (κ3) is 5.73. The van der Waals surface area contributed by atoms with Gasteiger partial charge >= 0.3 is 6.18 Å². The second-order valence-corrected chi connectivity index (χ2v) is 8.32. The van der Waals surface area contributed by atoms with Gasteiger partial charge in [-0.3, -0.25) is 4.79 Å². The van der Waals surface area contributed by atoms with E-state index in [9.17, 15) is 18.0 Å². The first-order chi connectivity index (χ1) is 15.3. The van der Waals surface area contributed by atoms with E-state index in [4.69, 9.17) is 9.47 Å². The van der Waals surface area contributed by atoms with E-state index in [1.807, 2.05) is 25.1 Å². The molecule has 0 bridgehead atoms. The topological polar surface area (TPSA) is 50.8 Å². The lowest BCUT2D eigenvalue weighted by Gasteiger charge is -2.19. The quantitative estimate of drug-likeness (QED) is 0.571. The largest absolute Gasteiger partial charge is 0.492 e. The first-order valence-electron chi connectivity index (χ1n) is 10.9.